The molecule has 0 radical (unpaired) electrons. The largest absolute Gasteiger partial charge is 1.00 e. The summed E-state index contributed by atoms with van der Waals surface area (Å²) in [5, 5.41) is 21.2. The Balaban J connectivity index is 0.000000553. The molecule has 89 heavy (non-hydrogen) atoms. The summed E-state index contributed by atoms with van der Waals surface area (Å²) >= 11 is 15.8. The second-order valence-electron chi connectivity index (χ2n) is 18.5. The number of allylic oxidation sites excluding steroid dienone is 1. The second kappa shape index (κ2) is 44.3. The van der Waals surface area contributed by atoms with E-state index in [-0.39, 0.29) is 148 Å². The van der Waals surface area contributed by atoms with Crippen LogP contribution < -0.4 is 122 Å². The van der Waals surface area contributed by atoms with Crippen LogP contribution in [0.25, 0.3) is 38.5 Å². The van der Waals surface area contributed by atoms with Gasteiger partial charge in [0, 0.05) is 71.1 Å². The average Bonchev–Trinajstić information content (AvgIpc) is 3.13. The molecule has 0 fully saturated rings. The van der Waals surface area contributed by atoms with E-state index in [0.717, 1.165) is 61.0 Å². The van der Waals surface area contributed by atoms with Gasteiger partial charge in [-0.1, -0.05) is 135 Å². The number of aryl methyl sites for hydroxylation is 1. The van der Waals surface area contributed by atoms with E-state index in [1.807, 2.05) is 166 Å². The van der Waals surface area contributed by atoms with Crippen molar-refractivity contribution < 1.29 is 171 Å². The van der Waals surface area contributed by atoms with Crippen LogP contribution in [0.15, 0.2) is 202 Å². The molecule has 0 saturated carbocycles. The summed E-state index contributed by atoms with van der Waals surface area (Å²) in [6, 6.07) is 51.8. The van der Waals surface area contributed by atoms with Gasteiger partial charge >= 0.3 is 106 Å². The third-order valence-corrected chi connectivity index (χ3v) is 12.9. The van der Waals surface area contributed by atoms with Crippen LogP contribution in [-0.2, 0) is 33.0 Å². The molecule has 3 aromatic heterocycles. The number of nitrogens with zero attached hydrogens (tertiary/aromatic N) is 1. The minimum atomic E-state index is -0.181. The van der Waals surface area contributed by atoms with Gasteiger partial charge in [0.2, 0.25) is 0 Å². The summed E-state index contributed by atoms with van der Waals surface area (Å²) in [4.78, 5) is 59.0. The monoisotopic (exact) mass is 1580 g/mol. The van der Waals surface area contributed by atoms with Crippen LogP contribution in [0.4, 0.5) is 0 Å². The Morgan fingerprint density at radius 1 is 0.596 bits per heavy atom. The Bertz CT molecular complexity index is 3810. The third kappa shape index (κ3) is 28.7. The van der Waals surface area contributed by atoms with Crippen molar-refractivity contribution in [3.05, 3.63) is 233 Å². The number of carbonyl (C=O) groups excluding carboxylic acids is 5. The number of hydrogen-bond donors (Lipinski definition) is 1. The van der Waals surface area contributed by atoms with E-state index in [1.54, 1.807) is 20.1 Å². The van der Waals surface area contributed by atoms with Gasteiger partial charge in [0.05, 0.1) is 29.1 Å². The van der Waals surface area contributed by atoms with Crippen LogP contribution in [0.5, 0.6) is 23.0 Å². The van der Waals surface area contributed by atoms with Crippen LogP contribution in [0.2, 0.25) is 0 Å². The molecule has 456 valence electrons. The van der Waals surface area contributed by atoms with E-state index < -0.39 is 0 Å². The van der Waals surface area contributed by atoms with Crippen molar-refractivity contribution >= 4 is 150 Å². The molecular formula is C66H63BBr5K2NO14. The number of benzene rings is 7. The Kier molecular flexibility index (Phi) is 40.3. The number of phenolic OH excluding ortho intramolecular Hbond substituents is 1. The zero-order chi connectivity index (χ0) is 63.8. The number of rotatable bonds is 16. The van der Waals surface area contributed by atoms with Gasteiger partial charge in [-0.05, 0) is 92.4 Å². The number of aromatic hydroxyl groups is 1. The zero-order valence-electron chi connectivity index (χ0n) is 51.5. The minimum absolute atomic E-state index is 0. The normalized spacial score (nSPS) is 9.97. The molecule has 0 amide bonds. The fourth-order valence-corrected chi connectivity index (χ4v) is 8.40. The number of fused-ring (bicyclic) bond motifs is 3. The first-order chi connectivity index (χ1) is 41.7. The molecular weight excluding hydrogens is 1520 g/mol. The molecule has 1 N–H and O–H groups in total. The van der Waals surface area contributed by atoms with Crippen molar-refractivity contribution in [3.8, 4) is 23.0 Å². The molecule has 23 heteroatoms. The fourth-order valence-electron chi connectivity index (χ4n) is 7.72. The maximum absolute atomic E-state index is 11.7. The topological polar surface area (TPSA) is 208 Å². The van der Waals surface area contributed by atoms with Crippen molar-refractivity contribution in [1.82, 2.24) is 4.90 Å². The number of alkyl halides is 2. The number of furan rings is 3. The molecule has 10 aromatic rings. The summed E-state index contributed by atoms with van der Waals surface area (Å²) in [6.07, 6.45) is 6.21. The first-order valence-electron chi connectivity index (χ1n) is 26.2. The smallest absolute Gasteiger partial charge is 1.00 e. The van der Waals surface area contributed by atoms with E-state index in [2.05, 4.69) is 96.2 Å². The average molecular weight is 1580 g/mol. The van der Waals surface area contributed by atoms with Gasteiger partial charge in [-0.3, -0.25) is 24.0 Å². The number of carbonyl (C=O) groups is 5. The van der Waals surface area contributed by atoms with E-state index in [9.17, 15) is 19.2 Å². The molecule has 0 aliphatic rings. The summed E-state index contributed by atoms with van der Waals surface area (Å²) < 4.78 is 33.0. The maximum Gasteiger partial charge on any atom is 1.00 e. The molecule has 0 bridgehead atoms. The van der Waals surface area contributed by atoms with E-state index in [0.29, 0.717) is 52.2 Å². The molecule has 7 aromatic carbocycles. The summed E-state index contributed by atoms with van der Waals surface area (Å²) in [7, 11) is 5.40. The van der Waals surface area contributed by atoms with Gasteiger partial charge in [-0.15, -0.1) is 47.3 Å². The van der Waals surface area contributed by atoms with Gasteiger partial charge in [0.25, 0.3) is 6.47 Å². The van der Waals surface area contributed by atoms with E-state index in [4.69, 9.17) is 42.6 Å². The van der Waals surface area contributed by atoms with Crippen molar-refractivity contribution in [2.45, 2.75) is 46.2 Å². The molecule has 0 aliphatic heterocycles. The summed E-state index contributed by atoms with van der Waals surface area (Å²) in [5.41, 5.74) is 9.75. The SMILES string of the molecule is BrB(Br)Br.BrCc1ccccc1.CC(=O)c1coc2cc(O)ccc12.CC(=O)c1coc2cc(OCc3ccccc3)ccc12.COc1cc(C)ccc1/C(=C/N(C)C)C(C)=O.O=C(CBr)c1coc2cc(OCc3ccccc3)ccc12.O=CO[O-].[H-].[K+].[K+]. The first-order valence-corrected chi connectivity index (χ1v) is 31.2. The Morgan fingerprint density at radius 2 is 1.00 bits per heavy atom. The summed E-state index contributed by atoms with van der Waals surface area (Å²) in [5.74, 6) is 2.31. The van der Waals surface area contributed by atoms with Crippen LogP contribution in [0.3, 0.4) is 0 Å². The van der Waals surface area contributed by atoms with Gasteiger partial charge in [-0.2, -0.15) is 0 Å². The number of ether oxygens (including phenoxy) is 3. The molecule has 0 saturated heterocycles. The fraction of sp³-hybridized carbons (Fsp3) is 0.167. The Labute approximate surface area is 646 Å². The molecule has 0 atom stereocenters. The van der Waals surface area contributed by atoms with Gasteiger partial charge < -0.3 is 49.0 Å². The van der Waals surface area contributed by atoms with Crippen LogP contribution in [0, 0.1) is 6.92 Å². The number of halogens is 5. The number of hydrogen-bond acceptors (Lipinski definition) is 15. The van der Waals surface area contributed by atoms with Crippen molar-refractivity contribution in [1.29, 1.82) is 0 Å². The molecule has 10 rings (SSSR count). The zero-order valence-corrected chi connectivity index (χ0v) is 64.6. The number of methoxy groups -OCH3 is 1. The molecule has 0 aliphatic carbocycles. The van der Waals surface area contributed by atoms with Crippen LogP contribution in [-0.4, -0.2) is 69.3 Å². The van der Waals surface area contributed by atoms with Crippen molar-refractivity contribution in [2.24, 2.45) is 0 Å². The predicted octanol–water partition coefficient (Wildman–Crippen LogP) is 10.9. The Hall–Kier alpha value is -4.25. The predicted molar refractivity (Wildman–Crippen MR) is 360 cm³/mol. The number of phenols is 1. The van der Waals surface area contributed by atoms with Crippen molar-refractivity contribution in [2.75, 3.05) is 26.5 Å². The molecule has 15 nitrogen and oxygen atoms in total. The standard InChI is InChI=1S/C17H13BrO3.C17H14O3.C14H19NO2.C10H8O3.C7H7Br.CH2O3.BBr3.2K.H/c18-9-16(19)15-11-21-17-8-13(6-7-14(15)17)20-10-12-4-2-1-3-5-12;1-12(18)16-11-20-17-9-14(7-8-15(16)17)19-10-13-5-3-2-4-6-13;1-10-6-7-12(14(8-10)17-5)13(11(2)16)9-15(3)4;1-6(11)9-5-13-10-4-7(12)2-3-8(9)10;8-6-7-4-2-1-3-5-7;2-1-4-3;2-1(3)4;;;/h1-8,11H,9-10H2;2-9,11H,10H2,1H3;6-9H,1-5H3;2-5,12H,1H3;1-5H,6H2;1,3H;;;;/q;;;;;;;2*+1;-1/p-1/b;;13-9+;;;;;;;. The van der Waals surface area contributed by atoms with E-state index in [1.165, 1.54) is 50.3 Å². The van der Waals surface area contributed by atoms with Gasteiger partial charge in [0.15, 0.2) is 23.1 Å². The van der Waals surface area contributed by atoms with E-state index >= 15 is 0 Å². The van der Waals surface area contributed by atoms with Crippen LogP contribution in [0.1, 0.15) is 81.1 Å². The molecule has 3 heterocycles. The first kappa shape index (κ1) is 80.8. The minimum Gasteiger partial charge on any atom is -1.00 e. The third-order valence-electron chi connectivity index (χ3n) is 11.8. The summed E-state index contributed by atoms with van der Waals surface area (Å²) in [6.45, 7) is 7.40. The second-order valence-corrected chi connectivity index (χ2v) is 26.0. The number of Topliss-reactive ketones (excluding diaryl/α,β-unsaturated/α-hetero) is 4. The van der Waals surface area contributed by atoms with Crippen molar-refractivity contribution in [3.63, 3.8) is 0 Å². The molecule has 0 spiro atoms. The Morgan fingerprint density at radius 3 is 1.37 bits per heavy atom. The van der Waals surface area contributed by atoms with Crippen LogP contribution >= 0.6 is 79.1 Å². The van der Waals surface area contributed by atoms with Gasteiger partial charge in [-0.25, -0.2) is 0 Å². The van der Waals surface area contributed by atoms with Gasteiger partial charge in [0.1, 0.15) is 71.8 Å². The number of ketones is 4. The molecule has 0 unspecified atom stereocenters. The maximum atomic E-state index is 11.7. The quantitative estimate of drug-likeness (QED) is 0.0181.